The van der Waals surface area contributed by atoms with Crippen LogP contribution >= 0.6 is 11.3 Å². The summed E-state index contributed by atoms with van der Waals surface area (Å²) in [5.74, 6) is -1.51. The molecule has 4 rings (SSSR count). The van der Waals surface area contributed by atoms with Crippen molar-refractivity contribution in [2.45, 2.75) is 44.4 Å². The molecule has 2 aromatic carbocycles. The molecule has 1 N–H and O–H groups in total. The number of anilines is 1. The molecule has 3 aromatic rings. The Morgan fingerprint density at radius 3 is 2.30 bits per heavy atom. The summed E-state index contributed by atoms with van der Waals surface area (Å²) in [5.41, 5.74) is 0.611. The number of rotatable bonds is 13. The van der Waals surface area contributed by atoms with Crippen LogP contribution in [0.1, 0.15) is 49.9 Å². The maximum absolute atomic E-state index is 14.0. The highest BCUT2D eigenvalue weighted by Crippen LogP contribution is 2.31. The van der Waals surface area contributed by atoms with Crippen LogP contribution in [-0.2, 0) is 10.0 Å². The third-order valence-electron chi connectivity index (χ3n) is 7.03. The lowest BCUT2D eigenvalue weighted by Crippen LogP contribution is -2.48. The van der Waals surface area contributed by atoms with Crippen LogP contribution in [0, 0.1) is 11.6 Å². The van der Waals surface area contributed by atoms with Crippen molar-refractivity contribution in [1.29, 1.82) is 0 Å². The van der Waals surface area contributed by atoms with Gasteiger partial charge in [0.15, 0.2) is 10.9 Å². The number of nitrogens with zero attached hydrogens (tertiary/aromatic N) is 4. The Hall–Kier alpha value is -2.67. The zero-order valence-corrected chi connectivity index (χ0v) is 24.7. The molecular formula is C28H37F2N5O3S2. The normalized spacial score (nSPS) is 14.8. The molecule has 1 fully saturated rings. The summed E-state index contributed by atoms with van der Waals surface area (Å²) in [7, 11) is -3.60. The second kappa shape index (κ2) is 13.8. The highest BCUT2D eigenvalue weighted by molar-refractivity contribution is 7.89. The van der Waals surface area contributed by atoms with E-state index in [4.69, 9.17) is 0 Å². The third-order valence-corrected chi connectivity index (χ3v) is 10.0. The minimum atomic E-state index is -3.60. The lowest BCUT2D eigenvalue weighted by atomic mass is 10.2. The third kappa shape index (κ3) is 7.34. The number of thiazole rings is 1. The zero-order valence-electron chi connectivity index (χ0n) is 23.0. The van der Waals surface area contributed by atoms with Gasteiger partial charge in [-0.3, -0.25) is 9.69 Å². The molecule has 218 valence electrons. The minimum absolute atomic E-state index is 0.197. The average molecular weight is 594 g/mol. The monoisotopic (exact) mass is 593 g/mol. The fourth-order valence-electron chi connectivity index (χ4n) is 4.62. The molecule has 0 aliphatic carbocycles. The van der Waals surface area contributed by atoms with Crippen LogP contribution in [0.5, 0.6) is 0 Å². The molecule has 12 heteroatoms. The molecule has 8 nitrogen and oxygen atoms in total. The number of sulfonamides is 1. The van der Waals surface area contributed by atoms with Gasteiger partial charge in [0.1, 0.15) is 11.3 Å². The van der Waals surface area contributed by atoms with E-state index in [1.807, 2.05) is 13.8 Å². The topological polar surface area (TPSA) is 85.8 Å². The van der Waals surface area contributed by atoms with E-state index >= 15 is 0 Å². The number of piperazine rings is 1. The maximum atomic E-state index is 14.0. The van der Waals surface area contributed by atoms with E-state index in [9.17, 15) is 22.0 Å². The second-order valence-corrected chi connectivity index (χ2v) is 12.9. The first-order valence-electron chi connectivity index (χ1n) is 13.8. The Morgan fingerprint density at radius 2 is 1.68 bits per heavy atom. The van der Waals surface area contributed by atoms with E-state index in [1.165, 1.54) is 29.5 Å². The summed E-state index contributed by atoms with van der Waals surface area (Å²) in [5, 5.41) is 3.59. The Kier molecular flexibility index (Phi) is 10.4. The molecule has 2 heterocycles. The van der Waals surface area contributed by atoms with Crippen LogP contribution in [-0.4, -0.2) is 80.9 Å². The van der Waals surface area contributed by atoms with Gasteiger partial charge in [0, 0.05) is 64.0 Å². The van der Waals surface area contributed by atoms with Crippen molar-refractivity contribution in [2.75, 3.05) is 57.3 Å². The first-order valence-corrected chi connectivity index (χ1v) is 16.1. The lowest BCUT2D eigenvalue weighted by molar-refractivity contribution is 0.0947. The number of benzene rings is 2. The molecule has 40 heavy (non-hydrogen) atoms. The van der Waals surface area contributed by atoms with Crippen LogP contribution in [0.3, 0.4) is 0 Å². The van der Waals surface area contributed by atoms with Crippen molar-refractivity contribution in [1.82, 2.24) is 19.5 Å². The summed E-state index contributed by atoms with van der Waals surface area (Å²) in [6, 6.07) is 8.30. The van der Waals surface area contributed by atoms with Gasteiger partial charge in [-0.25, -0.2) is 22.2 Å². The molecule has 1 saturated heterocycles. The maximum Gasteiger partial charge on any atom is 0.251 e. The fraction of sp³-hybridized carbons (Fsp3) is 0.500. The molecule has 0 unspecified atom stereocenters. The highest BCUT2D eigenvalue weighted by atomic mass is 32.2. The molecule has 0 radical (unpaired) electrons. The number of hydrogen-bond acceptors (Lipinski definition) is 7. The average Bonchev–Trinajstić information content (AvgIpc) is 3.38. The number of fused-ring (bicyclic) bond motifs is 1. The van der Waals surface area contributed by atoms with E-state index in [0.717, 1.165) is 44.8 Å². The molecular weight excluding hydrogens is 556 g/mol. The molecule has 1 aromatic heterocycles. The largest absolute Gasteiger partial charge is 0.351 e. The molecule has 0 bridgehead atoms. The molecule has 0 spiro atoms. The smallest absolute Gasteiger partial charge is 0.251 e. The van der Waals surface area contributed by atoms with Crippen LogP contribution < -0.4 is 10.2 Å². The molecule has 1 aliphatic heterocycles. The van der Waals surface area contributed by atoms with Gasteiger partial charge in [-0.15, -0.1) is 0 Å². The molecule has 0 saturated carbocycles. The standard InChI is InChI=1S/C28H37F2N5O3S2/c1-3-5-12-35(13-6-4-2)40(37,38)23-9-7-21(8-10-23)27(36)31-11-14-33-15-17-34(18-16-33)28-32-26-24(30)19-22(29)20-25(26)39-28/h7-10,19-20H,3-6,11-18H2,1-2H3,(H,31,36). The summed E-state index contributed by atoms with van der Waals surface area (Å²) in [6.45, 7) is 9.07. The second-order valence-electron chi connectivity index (χ2n) is 9.95. The fourth-order valence-corrected chi connectivity index (χ4v) is 7.20. The number of nitrogens with one attached hydrogen (secondary N) is 1. The van der Waals surface area contributed by atoms with E-state index in [1.54, 1.807) is 16.4 Å². The molecule has 1 aliphatic rings. The summed E-state index contributed by atoms with van der Waals surface area (Å²) >= 11 is 1.28. The van der Waals surface area contributed by atoms with Gasteiger partial charge >= 0.3 is 0 Å². The van der Waals surface area contributed by atoms with Crippen molar-refractivity contribution in [3.63, 3.8) is 0 Å². The molecule has 1 amide bonds. The van der Waals surface area contributed by atoms with E-state index in [0.29, 0.717) is 54.7 Å². The number of unbranched alkanes of at least 4 members (excludes halogenated alkanes) is 2. The van der Waals surface area contributed by atoms with Crippen LogP contribution in [0.4, 0.5) is 13.9 Å². The van der Waals surface area contributed by atoms with Gasteiger partial charge in [-0.05, 0) is 43.2 Å². The van der Waals surface area contributed by atoms with Gasteiger partial charge in [0.2, 0.25) is 10.0 Å². The summed E-state index contributed by atoms with van der Waals surface area (Å²) in [6.07, 6.45) is 3.45. The minimum Gasteiger partial charge on any atom is -0.351 e. The van der Waals surface area contributed by atoms with Gasteiger partial charge in [0.05, 0.1) is 9.60 Å². The van der Waals surface area contributed by atoms with Crippen molar-refractivity contribution in [3.05, 3.63) is 53.6 Å². The summed E-state index contributed by atoms with van der Waals surface area (Å²) in [4.78, 5) is 21.5. The first kappa shape index (κ1) is 30.3. The van der Waals surface area contributed by atoms with Crippen LogP contribution in [0.25, 0.3) is 10.2 Å². The molecule has 0 atom stereocenters. The number of hydrogen-bond donors (Lipinski definition) is 1. The van der Waals surface area contributed by atoms with Crippen molar-refractivity contribution in [2.24, 2.45) is 0 Å². The van der Waals surface area contributed by atoms with E-state index in [2.05, 4.69) is 20.1 Å². The van der Waals surface area contributed by atoms with E-state index in [-0.39, 0.29) is 16.3 Å². The number of carbonyl (C=O) groups excluding carboxylic acids is 1. The Morgan fingerprint density at radius 1 is 1.02 bits per heavy atom. The van der Waals surface area contributed by atoms with Crippen molar-refractivity contribution < 1.29 is 22.0 Å². The summed E-state index contributed by atoms with van der Waals surface area (Å²) < 4.78 is 55.9. The van der Waals surface area contributed by atoms with Gasteiger partial charge in [0.25, 0.3) is 5.91 Å². The number of carbonyl (C=O) groups is 1. The number of amides is 1. The first-order chi connectivity index (χ1) is 19.2. The van der Waals surface area contributed by atoms with Crippen LogP contribution in [0.2, 0.25) is 0 Å². The zero-order chi connectivity index (χ0) is 28.7. The van der Waals surface area contributed by atoms with Gasteiger partial charge in [-0.2, -0.15) is 4.31 Å². The quantitative estimate of drug-likeness (QED) is 0.309. The Balaban J connectivity index is 1.25. The van der Waals surface area contributed by atoms with Crippen molar-refractivity contribution >= 4 is 42.6 Å². The lowest BCUT2D eigenvalue weighted by Gasteiger charge is -2.34. The van der Waals surface area contributed by atoms with Crippen LogP contribution in [0.15, 0.2) is 41.3 Å². The van der Waals surface area contributed by atoms with Gasteiger partial charge < -0.3 is 10.2 Å². The highest BCUT2D eigenvalue weighted by Gasteiger charge is 2.24. The number of halogens is 2. The SMILES string of the molecule is CCCCN(CCCC)S(=O)(=O)c1ccc(C(=O)NCCN2CCN(c3nc4c(F)cc(F)cc4s3)CC2)cc1. The number of aromatic nitrogens is 1. The van der Waals surface area contributed by atoms with E-state index < -0.39 is 21.7 Å². The van der Waals surface area contributed by atoms with Crippen molar-refractivity contribution in [3.8, 4) is 0 Å². The Bertz CT molecular complexity index is 1380. The predicted octanol–water partition coefficient (Wildman–Crippen LogP) is 4.72. The predicted molar refractivity (Wildman–Crippen MR) is 156 cm³/mol. The van der Waals surface area contributed by atoms with Gasteiger partial charge in [-0.1, -0.05) is 38.0 Å². The Labute approximate surface area is 239 Å².